The molecule has 0 aliphatic carbocycles. The second-order valence-corrected chi connectivity index (χ2v) is 14.3. The maximum atomic E-state index is 13.9. The number of rotatable bonds is 18. The number of carbonyl (C=O) groups excluding carboxylic acids is 6. The minimum Gasteiger partial charge on any atom is -0.324 e. The van der Waals surface area contributed by atoms with Gasteiger partial charge in [0.25, 0.3) is 35.3 Å². The van der Waals surface area contributed by atoms with E-state index in [9.17, 15) is 39.3 Å². The largest absolute Gasteiger partial charge is 0.324 e. The van der Waals surface area contributed by atoms with Crippen molar-refractivity contribution in [3.63, 3.8) is 0 Å². The van der Waals surface area contributed by atoms with Crippen molar-refractivity contribution in [3.05, 3.63) is 115 Å². The van der Waals surface area contributed by atoms with E-state index in [1.54, 1.807) is 0 Å². The molecular formula is C42H30N24O6. The van der Waals surface area contributed by atoms with Crippen molar-refractivity contribution >= 4 is 75.3 Å². The van der Waals surface area contributed by atoms with Crippen LogP contribution in [-0.4, -0.2) is 112 Å². The molecule has 0 saturated carbocycles. The predicted octanol–water partition coefficient (Wildman–Crippen LogP) is 3.95. The van der Waals surface area contributed by atoms with Crippen molar-refractivity contribution in [1.82, 2.24) is 59.2 Å². The number of azo groups is 3. The minimum atomic E-state index is -1.87. The number of anilines is 3. The number of aromatic nitrogens is 12. The fourth-order valence-corrected chi connectivity index (χ4v) is 5.97. The quantitative estimate of drug-likeness (QED) is 0.0622. The maximum absolute atomic E-state index is 13.9. The van der Waals surface area contributed by atoms with Crippen LogP contribution in [0.3, 0.4) is 0 Å². The van der Waals surface area contributed by atoms with Crippen molar-refractivity contribution in [3.8, 4) is 29.9 Å². The molecule has 0 bridgehead atoms. The Bertz CT molecular complexity index is 3080. The summed E-state index contributed by atoms with van der Waals surface area (Å²) in [5.74, 6) is -6.21. The van der Waals surface area contributed by atoms with Gasteiger partial charge in [-0.3, -0.25) is 33.8 Å². The van der Waals surface area contributed by atoms with Crippen molar-refractivity contribution in [2.24, 2.45) is 30.7 Å². The third kappa shape index (κ3) is 11.1. The van der Waals surface area contributed by atoms with Gasteiger partial charge in [-0.2, -0.15) is 50.5 Å². The molecule has 1 aromatic carbocycles. The van der Waals surface area contributed by atoms with Crippen LogP contribution in [0.4, 0.5) is 40.2 Å². The van der Waals surface area contributed by atoms with E-state index in [1.807, 2.05) is 12.1 Å². The highest BCUT2D eigenvalue weighted by molar-refractivity contribution is 6.13. The van der Waals surface area contributed by atoms with Gasteiger partial charge in [0.05, 0.1) is 31.4 Å². The van der Waals surface area contributed by atoms with Crippen molar-refractivity contribution in [2.75, 3.05) is 16.0 Å². The second kappa shape index (κ2) is 22.1. The zero-order chi connectivity index (χ0) is 51.3. The van der Waals surface area contributed by atoms with Crippen molar-refractivity contribution in [2.45, 2.75) is 38.9 Å². The molecule has 7 aromatic rings. The van der Waals surface area contributed by atoms with Crippen LogP contribution in [0.1, 0.15) is 31.9 Å². The highest BCUT2D eigenvalue weighted by Gasteiger charge is 2.29. The molecule has 30 heteroatoms. The molecule has 3 atom stereocenters. The highest BCUT2D eigenvalue weighted by atomic mass is 16.2. The number of nitrogens with zero attached hydrogens (tertiary/aromatic N) is 21. The van der Waals surface area contributed by atoms with Gasteiger partial charge in [0.2, 0.25) is 18.1 Å². The average Bonchev–Trinajstić information content (AvgIpc) is 4.11. The molecule has 0 spiro atoms. The zero-order valence-corrected chi connectivity index (χ0v) is 37.2. The Kier molecular flexibility index (Phi) is 14.9. The van der Waals surface area contributed by atoms with Gasteiger partial charge in [0, 0.05) is 54.2 Å². The molecule has 3 N–H and O–H groups in total. The lowest BCUT2D eigenvalue weighted by molar-refractivity contribution is -0.127. The fraction of sp³-hybridized carbons (Fsp3) is 0.143. The van der Waals surface area contributed by atoms with Gasteiger partial charge >= 0.3 is 0 Å². The predicted molar refractivity (Wildman–Crippen MR) is 242 cm³/mol. The molecule has 7 rings (SSSR count). The van der Waals surface area contributed by atoms with Crippen molar-refractivity contribution < 1.29 is 28.8 Å². The molecule has 3 unspecified atom stereocenters. The normalized spacial score (nSPS) is 12.3. The van der Waals surface area contributed by atoms with Gasteiger partial charge in [0.15, 0.2) is 40.6 Å². The minimum absolute atomic E-state index is 0.00531. The first-order chi connectivity index (χ1) is 34.8. The smallest absolute Gasteiger partial charge is 0.258 e. The van der Waals surface area contributed by atoms with E-state index in [0.29, 0.717) is 0 Å². The molecule has 6 heterocycles. The molecular weight excluding hydrogens is 937 g/mol. The summed E-state index contributed by atoms with van der Waals surface area (Å²) in [5.41, 5.74) is -0.944. The van der Waals surface area contributed by atoms with E-state index in [0.717, 1.165) is 47.2 Å². The number of hydrogen-bond donors (Lipinski definition) is 3. The third-order valence-corrected chi connectivity index (χ3v) is 9.26. The number of amides is 3. The van der Waals surface area contributed by atoms with Gasteiger partial charge in [-0.05, 0) is 51.1 Å². The van der Waals surface area contributed by atoms with E-state index < -0.39 is 53.2 Å². The first-order valence-electron chi connectivity index (χ1n) is 20.3. The first-order valence-corrected chi connectivity index (χ1v) is 20.3. The lowest BCUT2D eigenvalue weighted by Crippen LogP contribution is -2.33. The number of nitrogens with one attached hydrogen (secondary N) is 3. The van der Waals surface area contributed by atoms with Gasteiger partial charge in [-0.15, -0.1) is 15.3 Å². The molecule has 0 aliphatic rings. The number of Topliss-reactive ketones (excluding diaryl/α,β-unsaturated/α-hetero) is 3. The van der Waals surface area contributed by atoms with Gasteiger partial charge < -0.3 is 16.0 Å². The van der Waals surface area contributed by atoms with Crippen LogP contribution in [0.15, 0.2) is 123 Å². The lowest BCUT2D eigenvalue weighted by atomic mass is 10.1. The standard InChI is InChI=1S/C42H30N24O6/c1-22(67)32(58-61-35-25(16-43)18-52-65(35)41-48-7-5-8-49-41)38(70)55-27-13-28(56-39(71)33(23(2)68)59-62-36-26(17-44)19-53-66(36)42-50-9-6-10-51-42)15-29(14-27)57-40(72)34(24(3)69)60-63-37-30(45-4)20-54-64(37)31-21-46-11-12-47-31/h5-15,18-21,32-34H,1-3H3,(H,55,70)(H,56,71)(H,57,72). The summed E-state index contributed by atoms with van der Waals surface area (Å²) in [4.78, 5) is 108. The highest BCUT2D eigenvalue weighted by Crippen LogP contribution is 2.31. The fourth-order valence-electron chi connectivity index (χ4n) is 5.97. The molecule has 6 aromatic heterocycles. The van der Waals surface area contributed by atoms with Crippen LogP contribution in [0.2, 0.25) is 0 Å². The summed E-state index contributed by atoms with van der Waals surface area (Å²) < 4.78 is 3.24. The summed E-state index contributed by atoms with van der Waals surface area (Å²) in [6, 6.07) is 4.73. The first kappa shape index (κ1) is 48.7. The molecule has 0 fully saturated rings. The lowest BCUT2D eigenvalue weighted by Gasteiger charge is -2.16. The third-order valence-electron chi connectivity index (χ3n) is 9.26. The van der Waals surface area contributed by atoms with Crippen LogP contribution >= 0.6 is 0 Å². The summed E-state index contributed by atoms with van der Waals surface area (Å²) in [6.07, 6.45) is 13.2. The summed E-state index contributed by atoms with van der Waals surface area (Å²) in [7, 11) is 0. The average molecular weight is 967 g/mol. The summed E-state index contributed by atoms with van der Waals surface area (Å²) in [5, 5.41) is 62.8. The van der Waals surface area contributed by atoms with Crippen LogP contribution in [0, 0.1) is 29.2 Å². The topological polar surface area (TPSA) is 395 Å². The van der Waals surface area contributed by atoms with Crippen LogP contribution < -0.4 is 16.0 Å². The number of nitriles is 2. The Morgan fingerprint density at radius 1 is 0.556 bits per heavy atom. The van der Waals surface area contributed by atoms with E-state index >= 15 is 0 Å². The molecule has 3 amide bonds. The van der Waals surface area contributed by atoms with Gasteiger partial charge in [-0.25, -0.2) is 34.4 Å². The maximum Gasteiger partial charge on any atom is 0.258 e. The Morgan fingerprint density at radius 3 is 1.32 bits per heavy atom. The van der Waals surface area contributed by atoms with E-state index in [1.165, 1.54) is 79.9 Å². The number of carbonyl (C=O) groups is 6. The molecule has 30 nitrogen and oxygen atoms in total. The van der Waals surface area contributed by atoms with E-state index in [2.05, 4.69) is 96.7 Å². The Balaban J connectivity index is 1.21. The Labute approximate surface area is 403 Å². The molecule has 0 saturated heterocycles. The second-order valence-electron chi connectivity index (χ2n) is 14.3. The van der Waals surface area contributed by atoms with Crippen molar-refractivity contribution in [1.29, 1.82) is 10.5 Å². The molecule has 354 valence electrons. The number of ketones is 3. The Morgan fingerprint density at radius 2 is 0.958 bits per heavy atom. The summed E-state index contributed by atoms with van der Waals surface area (Å²) >= 11 is 0. The SMILES string of the molecule is [C-]#[N+]c1cnn(-c2cnccn2)c1N=NC(C(C)=O)C(=O)Nc1cc(NC(=O)C(N=Nc2c(C#N)cnn2-c2ncccn2)C(C)=O)cc(NC(=O)C(N=Nc2c(C#N)cnn2-c2ncccn2)C(C)=O)c1. The van der Waals surface area contributed by atoms with Crippen LogP contribution in [-0.2, 0) is 28.8 Å². The molecule has 72 heavy (non-hydrogen) atoms. The Hall–Kier alpha value is -11.2. The van der Waals surface area contributed by atoms with Gasteiger partial charge in [0.1, 0.15) is 23.3 Å². The van der Waals surface area contributed by atoms with Crippen LogP contribution in [0.25, 0.3) is 22.6 Å². The van der Waals surface area contributed by atoms with E-state index in [4.69, 9.17) is 6.57 Å². The number of benzene rings is 1. The van der Waals surface area contributed by atoms with E-state index in [-0.39, 0.29) is 69.0 Å². The zero-order valence-electron chi connectivity index (χ0n) is 37.2. The number of hydrogen-bond acceptors (Lipinski definition) is 23. The summed E-state index contributed by atoms with van der Waals surface area (Å²) in [6.45, 7) is 10.7. The molecule has 0 aliphatic heterocycles. The monoisotopic (exact) mass is 966 g/mol. The van der Waals surface area contributed by atoms with Gasteiger partial charge in [-0.1, -0.05) is 0 Å². The van der Waals surface area contributed by atoms with Crippen LogP contribution in [0.5, 0.6) is 0 Å². The molecule has 0 radical (unpaired) electrons.